The lowest BCUT2D eigenvalue weighted by molar-refractivity contribution is -0.107. The third kappa shape index (κ3) is 7.59. The van der Waals surface area contributed by atoms with Gasteiger partial charge in [0.1, 0.15) is 11.3 Å². The molecule has 0 spiro atoms. The highest BCUT2D eigenvalue weighted by Gasteiger charge is 2.11. The topological polar surface area (TPSA) is 69.4 Å². The first-order chi connectivity index (χ1) is 16.6. The van der Waals surface area contributed by atoms with Crippen LogP contribution in [0.25, 0.3) is 22.1 Å². The van der Waals surface area contributed by atoms with Gasteiger partial charge in [-0.1, -0.05) is 63.1 Å². The Bertz CT molecular complexity index is 1140. The molecule has 0 aliphatic heterocycles. The molecule has 0 aliphatic carbocycles. The van der Waals surface area contributed by atoms with Gasteiger partial charge in [0.05, 0.1) is 12.2 Å². The van der Waals surface area contributed by atoms with Crippen LogP contribution >= 0.6 is 11.8 Å². The van der Waals surface area contributed by atoms with Crippen LogP contribution in [0.1, 0.15) is 57.4 Å². The van der Waals surface area contributed by atoms with E-state index in [0.717, 1.165) is 79.4 Å². The number of aryl methyl sites for hydroxylation is 1. The van der Waals surface area contributed by atoms with E-state index in [0.29, 0.717) is 17.8 Å². The van der Waals surface area contributed by atoms with Gasteiger partial charge < -0.3 is 9.15 Å². The van der Waals surface area contributed by atoms with Crippen molar-refractivity contribution >= 4 is 27.8 Å². The summed E-state index contributed by atoms with van der Waals surface area (Å²) >= 11 is 1.34. The van der Waals surface area contributed by atoms with Crippen molar-refractivity contribution in [1.82, 2.24) is 4.98 Å². The number of ether oxygens (including phenoxy) is 1. The van der Waals surface area contributed by atoms with Crippen molar-refractivity contribution in [1.29, 1.82) is 0 Å². The Kier molecular flexibility index (Phi) is 10.4. The van der Waals surface area contributed by atoms with Gasteiger partial charge in [0.2, 0.25) is 5.12 Å². The molecule has 2 aromatic heterocycles. The van der Waals surface area contributed by atoms with E-state index in [-0.39, 0.29) is 10.7 Å². The van der Waals surface area contributed by atoms with Gasteiger partial charge in [0.15, 0.2) is 0 Å². The number of nitrogens with zero attached hydrogens (tertiary/aromatic N) is 1. The van der Waals surface area contributed by atoms with Gasteiger partial charge in [0.25, 0.3) is 0 Å². The maximum Gasteiger partial charge on any atom is 0.344 e. The van der Waals surface area contributed by atoms with E-state index < -0.39 is 0 Å². The predicted octanol–water partition coefficient (Wildman–Crippen LogP) is 6.97. The Morgan fingerprint density at radius 1 is 1.09 bits per heavy atom. The lowest BCUT2D eigenvalue weighted by atomic mass is 10.0. The second kappa shape index (κ2) is 13.8. The zero-order valence-electron chi connectivity index (χ0n) is 19.9. The van der Waals surface area contributed by atoms with E-state index in [1.807, 2.05) is 30.3 Å². The molecule has 0 saturated heterocycles. The third-order valence-corrected chi connectivity index (χ3v) is 6.59. The summed E-state index contributed by atoms with van der Waals surface area (Å²) in [5.74, 6) is 1.65. The standard InChI is InChI=1S/C28H33NO4S/c1-3-5-11-22-19-29-20-23-18-25(28(31)33-27(22)23)21-12-14-24(15-13-21)32-16-9-7-6-8-10-17-34-26(30)4-2/h4,12-15,18-20H,2-3,5-11,16-17H2,1H3. The molecular formula is C28H33NO4S. The predicted molar refractivity (Wildman–Crippen MR) is 141 cm³/mol. The molecule has 0 fully saturated rings. The van der Waals surface area contributed by atoms with E-state index in [1.165, 1.54) is 17.8 Å². The van der Waals surface area contributed by atoms with Gasteiger partial charge in [-0.25, -0.2) is 4.79 Å². The van der Waals surface area contributed by atoms with Crippen molar-refractivity contribution < 1.29 is 13.9 Å². The minimum atomic E-state index is -0.336. The smallest absolute Gasteiger partial charge is 0.344 e. The lowest BCUT2D eigenvalue weighted by Crippen LogP contribution is -2.04. The molecule has 0 aliphatic rings. The van der Waals surface area contributed by atoms with Crippen LogP contribution in [0.15, 0.2) is 64.6 Å². The molecule has 1 aromatic carbocycles. The maximum absolute atomic E-state index is 12.7. The monoisotopic (exact) mass is 479 g/mol. The van der Waals surface area contributed by atoms with Crippen LogP contribution in [0.3, 0.4) is 0 Å². The number of fused-ring (bicyclic) bond motifs is 1. The SMILES string of the molecule is C=CC(=O)SCCCCCCCOc1ccc(-c2cc3cncc(CCCC)c3oc2=O)cc1. The van der Waals surface area contributed by atoms with Crippen molar-refractivity contribution in [2.24, 2.45) is 0 Å². The zero-order valence-corrected chi connectivity index (χ0v) is 20.7. The fourth-order valence-corrected chi connectivity index (χ4v) is 4.40. The number of thioether (sulfide) groups is 1. The molecule has 3 rings (SSSR count). The van der Waals surface area contributed by atoms with Gasteiger partial charge in [-0.15, -0.1) is 0 Å². The van der Waals surface area contributed by atoms with Crippen LogP contribution in [0.4, 0.5) is 0 Å². The van der Waals surface area contributed by atoms with E-state index >= 15 is 0 Å². The fourth-order valence-electron chi connectivity index (χ4n) is 3.73. The van der Waals surface area contributed by atoms with E-state index in [4.69, 9.17) is 9.15 Å². The minimum absolute atomic E-state index is 0.0504. The average molecular weight is 480 g/mol. The number of unbranched alkanes of at least 4 members (excludes halogenated alkanes) is 5. The van der Waals surface area contributed by atoms with Crippen molar-refractivity contribution in [3.05, 3.63) is 71.4 Å². The first-order valence-corrected chi connectivity index (χ1v) is 13.0. The van der Waals surface area contributed by atoms with Gasteiger partial charge in [-0.05, 0) is 55.5 Å². The summed E-state index contributed by atoms with van der Waals surface area (Å²) in [4.78, 5) is 28.2. The van der Waals surface area contributed by atoms with Crippen molar-refractivity contribution in [3.63, 3.8) is 0 Å². The lowest BCUT2D eigenvalue weighted by Gasteiger charge is -2.08. The van der Waals surface area contributed by atoms with Crippen LogP contribution < -0.4 is 10.4 Å². The van der Waals surface area contributed by atoms with Crippen LogP contribution in [0, 0.1) is 0 Å². The normalized spacial score (nSPS) is 11.0. The summed E-state index contributed by atoms with van der Waals surface area (Å²) in [7, 11) is 0. The van der Waals surface area contributed by atoms with Crippen molar-refractivity contribution in [3.8, 4) is 16.9 Å². The number of carbonyl (C=O) groups excluding carboxylic acids is 1. The van der Waals surface area contributed by atoms with Crippen molar-refractivity contribution in [2.45, 2.75) is 58.3 Å². The number of carbonyl (C=O) groups is 1. The molecular weight excluding hydrogens is 446 g/mol. The number of pyridine rings is 1. The van der Waals surface area contributed by atoms with Gasteiger partial charge in [-0.3, -0.25) is 9.78 Å². The Morgan fingerprint density at radius 2 is 1.85 bits per heavy atom. The number of hydrogen-bond acceptors (Lipinski definition) is 6. The Morgan fingerprint density at radius 3 is 2.62 bits per heavy atom. The summed E-state index contributed by atoms with van der Waals surface area (Å²) in [6, 6.07) is 9.44. The number of hydrogen-bond donors (Lipinski definition) is 0. The Hall–Kier alpha value is -2.86. The summed E-state index contributed by atoms with van der Waals surface area (Å²) in [6.45, 7) is 6.27. The minimum Gasteiger partial charge on any atom is -0.494 e. The van der Waals surface area contributed by atoms with Gasteiger partial charge in [0, 0.05) is 29.1 Å². The van der Waals surface area contributed by atoms with Crippen LogP contribution in [0.5, 0.6) is 5.75 Å². The zero-order chi connectivity index (χ0) is 24.2. The molecule has 0 saturated carbocycles. The van der Waals surface area contributed by atoms with Gasteiger partial charge >= 0.3 is 5.63 Å². The molecule has 2 heterocycles. The largest absolute Gasteiger partial charge is 0.494 e. The third-order valence-electron chi connectivity index (χ3n) is 5.65. The molecule has 0 bridgehead atoms. The summed E-state index contributed by atoms with van der Waals surface area (Å²) < 4.78 is 11.6. The Labute approximate surface area is 205 Å². The summed E-state index contributed by atoms with van der Waals surface area (Å²) in [6.07, 6.45) is 13.3. The summed E-state index contributed by atoms with van der Waals surface area (Å²) in [5, 5.41) is 0.892. The van der Waals surface area contributed by atoms with Crippen LogP contribution in [-0.4, -0.2) is 22.5 Å². The molecule has 0 radical (unpaired) electrons. The maximum atomic E-state index is 12.7. The molecule has 34 heavy (non-hydrogen) atoms. The number of aromatic nitrogens is 1. The first kappa shape index (κ1) is 25.8. The average Bonchev–Trinajstić information content (AvgIpc) is 2.86. The second-order valence-electron chi connectivity index (χ2n) is 8.28. The van der Waals surface area contributed by atoms with Crippen LogP contribution in [-0.2, 0) is 11.2 Å². The fraction of sp³-hybridized carbons (Fsp3) is 0.393. The molecule has 0 atom stereocenters. The Balaban J connectivity index is 1.49. The van der Waals surface area contributed by atoms with Gasteiger partial charge in [-0.2, -0.15) is 0 Å². The highest BCUT2D eigenvalue weighted by atomic mass is 32.2. The molecule has 3 aromatic rings. The molecule has 0 amide bonds. The second-order valence-corrected chi connectivity index (χ2v) is 9.38. The molecule has 5 nitrogen and oxygen atoms in total. The first-order valence-electron chi connectivity index (χ1n) is 12.1. The van der Waals surface area contributed by atoms with E-state index in [9.17, 15) is 9.59 Å². The highest BCUT2D eigenvalue weighted by Crippen LogP contribution is 2.25. The highest BCUT2D eigenvalue weighted by molar-refractivity contribution is 8.14. The quantitative estimate of drug-likeness (QED) is 0.184. The molecule has 0 unspecified atom stereocenters. The molecule has 0 N–H and O–H groups in total. The van der Waals surface area contributed by atoms with Crippen molar-refractivity contribution in [2.75, 3.05) is 12.4 Å². The number of benzene rings is 1. The molecule has 6 heteroatoms. The van der Waals surface area contributed by atoms with E-state index in [2.05, 4.69) is 18.5 Å². The summed E-state index contributed by atoms with van der Waals surface area (Å²) in [5.41, 5.74) is 2.61. The molecule has 180 valence electrons. The van der Waals surface area contributed by atoms with E-state index in [1.54, 1.807) is 12.4 Å². The van der Waals surface area contributed by atoms with Crippen LogP contribution in [0.2, 0.25) is 0 Å². The number of rotatable bonds is 14.